The van der Waals surface area contributed by atoms with Crippen LogP contribution in [-0.4, -0.2) is 29.8 Å². The summed E-state index contributed by atoms with van der Waals surface area (Å²) in [5.41, 5.74) is 2.28. The van der Waals surface area contributed by atoms with Crippen molar-refractivity contribution in [2.75, 3.05) is 12.4 Å². The Labute approximate surface area is 120 Å². The molecule has 2 amide bonds. The first-order valence-corrected chi connectivity index (χ1v) is 6.09. The number of nitrogens with zero attached hydrogens (tertiary/aromatic N) is 2. The SMILES string of the molecule is COC(=O)NCc1nc(-c2ccc(C)c(NC=O)c2)no1. The van der Waals surface area contributed by atoms with Crippen LogP contribution in [0.15, 0.2) is 22.7 Å². The van der Waals surface area contributed by atoms with Gasteiger partial charge in [-0.3, -0.25) is 4.79 Å². The van der Waals surface area contributed by atoms with E-state index in [1.54, 1.807) is 6.07 Å². The second-order valence-corrected chi connectivity index (χ2v) is 4.15. The quantitative estimate of drug-likeness (QED) is 0.808. The fourth-order valence-corrected chi connectivity index (χ4v) is 1.64. The molecule has 1 aromatic heterocycles. The van der Waals surface area contributed by atoms with Crippen LogP contribution in [0.25, 0.3) is 11.4 Å². The first-order chi connectivity index (χ1) is 10.1. The molecule has 2 rings (SSSR count). The van der Waals surface area contributed by atoms with Crippen molar-refractivity contribution in [3.63, 3.8) is 0 Å². The summed E-state index contributed by atoms with van der Waals surface area (Å²) >= 11 is 0. The number of amides is 2. The summed E-state index contributed by atoms with van der Waals surface area (Å²) in [5, 5.41) is 8.87. The minimum absolute atomic E-state index is 0.0744. The van der Waals surface area contributed by atoms with Crippen molar-refractivity contribution >= 4 is 18.2 Å². The standard InChI is InChI=1S/C13H14N4O4/c1-8-3-4-9(5-10(8)15-7-18)12-16-11(21-17-12)6-14-13(19)20-2/h3-5,7H,6H2,1-2H3,(H,14,19)(H,15,18). The van der Waals surface area contributed by atoms with E-state index in [9.17, 15) is 9.59 Å². The summed E-state index contributed by atoms with van der Waals surface area (Å²) in [6, 6.07) is 5.39. The minimum atomic E-state index is -0.581. The molecule has 8 nitrogen and oxygen atoms in total. The Morgan fingerprint density at radius 1 is 1.48 bits per heavy atom. The van der Waals surface area contributed by atoms with E-state index in [4.69, 9.17) is 4.52 Å². The Kier molecular flexibility index (Phi) is 4.50. The normalized spacial score (nSPS) is 10.0. The van der Waals surface area contributed by atoms with Gasteiger partial charge in [-0.15, -0.1) is 0 Å². The maximum Gasteiger partial charge on any atom is 0.407 e. The molecule has 0 aliphatic heterocycles. The van der Waals surface area contributed by atoms with Gasteiger partial charge in [0.05, 0.1) is 7.11 Å². The van der Waals surface area contributed by atoms with Gasteiger partial charge in [-0.2, -0.15) is 4.98 Å². The maximum atomic E-state index is 11.0. The molecule has 1 aromatic carbocycles. The highest BCUT2D eigenvalue weighted by molar-refractivity contribution is 5.76. The molecular weight excluding hydrogens is 276 g/mol. The lowest BCUT2D eigenvalue weighted by Crippen LogP contribution is -2.22. The zero-order valence-corrected chi connectivity index (χ0v) is 11.5. The van der Waals surface area contributed by atoms with E-state index in [0.29, 0.717) is 23.5 Å². The van der Waals surface area contributed by atoms with Crippen molar-refractivity contribution in [1.29, 1.82) is 0 Å². The Hall–Kier alpha value is -2.90. The number of anilines is 1. The van der Waals surface area contributed by atoms with Crippen LogP contribution in [0.4, 0.5) is 10.5 Å². The third kappa shape index (κ3) is 3.56. The lowest BCUT2D eigenvalue weighted by Gasteiger charge is -2.04. The van der Waals surface area contributed by atoms with E-state index < -0.39 is 6.09 Å². The van der Waals surface area contributed by atoms with Crippen molar-refractivity contribution in [1.82, 2.24) is 15.5 Å². The molecule has 0 fully saturated rings. The van der Waals surface area contributed by atoms with Gasteiger partial charge in [0.2, 0.25) is 18.1 Å². The summed E-state index contributed by atoms with van der Waals surface area (Å²) in [6.45, 7) is 1.95. The van der Waals surface area contributed by atoms with Gasteiger partial charge >= 0.3 is 6.09 Å². The number of alkyl carbamates (subject to hydrolysis) is 1. The second kappa shape index (κ2) is 6.51. The monoisotopic (exact) mass is 290 g/mol. The fourth-order valence-electron chi connectivity index (χ4n) is 1.64. The zero-order chi connectivity index (χ0) is 15.2. The second-order valence-electron chi connectivity index (χ2n) is 4.15. The Balaban J connectivity index is 2.15. The Morgan fingerprint density at radius 2 is 2.29 bits per heavy atom. The molecule has 0 unspecified atom stereocenters. The number of ether oxygens (including phenoxy) is 1. The van der Waals surface area contributed by atoms with E-state index >= 15 is 0 Å². The van der Waals surface area contributed by atoms with Crippen molar-refractivity contribution < 1.29 is 18.8 Å². The number of carbonyl (C=O) groups excluding carboxylic acids is 2. The summed E-state index contributed by atoms with van der Waals surface area (Å²) in [6.07, 6.45) is 0.0242. The summed E-state index contributed by atoms with van der Waals surface area (Å²) in [7, 11) is 1.27. The third-order valence-electron chi connectivity index (χ3n) is 2.75. The van der Waals surface area contributed by atoms with E-state index in [1.807, 2.05) is 19.1 Å². The third-order valence-corrected chi connectivity index (χ3v) is 2.75. The number of hydrogen-bond acceptors (Lipinski definition) is 6. The molecule has 0 atom stereocenters. The number of aromatic nitrogens is 2. The lowest BCUT2D eigenvalue weighted by molar-refractivity contribution is -0.105. The predicted molar refractivity (Wildman–Crippen MR) is 73.4 cm³/mol. The van der Waals surface area contributed by atoms with Crippen LogP contribution in [0.2, 0.25) is 0 Å². The van der Waals surface area contributed by atoms with Crippen LogP contribution in [0.3, 0.4) is 0 Å². The molecule has 0 saturated carbocycles. The zero-order valence-electron chi connectivity index (χ0n) is 11.5. The molecule has 110 valence electrons. The number of benzene rings is 1. The van der Waals surface area contributed by atoms with Crippen molar-refractivity contribution in [3.05, 3.63) is 29.7 Å². The summed E-state index contributed by atoms with van der Waals surface area (Å²) in [5.74, 6) is 0.617. The average Bonchev–Trinajstić information content (AvgIpc) is 2.96. The minimum Gasteiger partial charge on any atom is -0.453 e. The van der Waals surface area contributed by atoms with Crippen LogP contribution in [0.1, 0.15) is 11.5 Å². The highest BCUT2D eigenvalue weighted by Crippen LogP contribution is 2.23. The van der Waals surface area contributed by atoms with E-state index in [1.165, 1.54) is 7.11 Å². The predicted octanol–water partition coefficient (Wildman–Crippen LogP) is 1.47. The molecule has 0 radical (unpaired) electrons. The van der Waals surface area contributed by atoms with Crippen LogP contribution in [-0.2, 0) is 16.1 Å². The highest BCUT2D eigenvalue weighted by atomic mass is 16.5. The first-order valence-electron chi connectivity index (χ1n) is 6.09. The van der Waals surface area contributed by atoms with Crippen LogP contribution in [0, 0.1) is 6.92 Å². The summed E-state index contributed by atoms with van der Waals surface area (Å²) < 4.78 is 9.46. The number of hydrogen-bond donors (Lipinski definition) is 2. The molecule has 21 heavy (non-hydrogen) atoms. The molecule has 2 N–H and O–H groups in total. The van der Waals surface area contributed by atoms with Gasteiger partial charge in [0.15, 0.2) is 0 Å². The Bertz CT molecular complexity index is 653. The molecule has 1 heterocycles. The van der Waals surface area contributed by atoms with Gasteiger partial charge in [-0.05, 0) is 18.6 Å². The molecule has 2 aromatic rings. The van der Waals surface area contributed by atoms with Crippen LogP contribution < -0.4 is 10.6 Å². The number of rotatable bonds is 5. The smallest absolute Gasteiger partial charge is 0.407 e. The van der Waals surface area contributed by atoms with E-state index in [-0.39, 0.29) is 12.4 Å². The largest absolute Gasteiger partial charge is 0.453 e. The summed E-state index contributed by atoms with van der Waals surface area (Å²) in [4.78, 5) is 25.6. The molecule has 0 saturated heterocycles. The molecule has 8 heteroatoms. The van der Waals surface area contributed by atoms with Crippen LogP contribution >= 0.6 is 0 Å². The molecule has 0 aliphatic rings. The van der Waals surface area contributed by atoms with Gasteiger partial charge < -0.3 is 19.9 Å². The van der Waals surface area contributed by atoms with Gasteiger partial charge in [0.1, 0.15) is 6.54 Å². The molecule has 0 aliphatic carbocycles. The van der Waals surface area contributed by atoms with Gasteiger partial charge in [0, 0.05) is 11.3 Å². The molecule has 0 spiro atoms. The number of nitrogens with one attached hydrogen (secondary N) is 2. The molecule has 0 bridgehead atoms. The highest BCUT2D eigenvalue weighted by Gasteiger charge is 2.11. The van der Waals surface area contributed by atoms with Crippen molar-refractivity contribution in [3.8, 4) is 11.4 Å². The van der Waals surface area contributed by atoms with Crippen molar-refractivity contribution in [2.45, 2.75) is 13.5 Å². The number of methoxy groups -OCH3 is 1. The van der Waals surface area contributed by atoms with E-state index in [0.717, 1.165) is 5.56 Å². The number of aryl methyl sites for hydroxylation is 1. The van der Waals surface area contributed by atoms with E-state index in [2.05, 4.69) is 25.5 Å². The molecular formula is C13H14N4O4. The van der Waals surface area contributed by atoms with Gasteiger partial charge in [-0.1, -0.05) is 17.3 Å². The van der Waals surface area contributed by atoms with Crippen molar-refractivity contribution in [2.24, 2.45) is 0 Å². The fraction of sp³-hybridized carbons (Fsp3) is 0.231. The average molecular weight is 290 g/mol. The number of carbonyl (C=O) groups is 2. The first kappa shape index (κ1) is 14.5. The maximum absolute atomic E-state index is 11.0. The van der Waals surface area contributed by atoms with Gasteiger partial charge in [-0.25, -0.2) is 4.79 Å². The Morgan fingerprint density at radius 3 is 3.00 bits per heavy atom. The van der Waals surface area contributed by atoms with Crippen LogP contribution in [0.5, 0.6) is 0 Å². The topological polar surface area (TPSA) is 106 Å². The van der Waals surface area contributed by atoms with Gasteiger partial charge in [0.25, 0.3) is 0 Å². The lowest BCUT2D eigenvalue weighted by atomic mass is 10.1.